The lowest BCUT2D eigenvalue weighted by Crippen LogP contribution is -2.45. The van der Waals surface area contributed by atoms with Gasteiger partial charge in [0.05, 0.1) is 34.6 Å². The van der Waals surface area contributed by atoms with Gasteiger partial charge in [0, 0.05) is 17.9 Å². The fraction of sp³-hybridized carbons (Fsp3) is 0.222. The molecule has 12 nitrogen and oxygen atoms in total. The largest absolute Gasteiger partial charge is 0.504 e. The van der Waals surface area contributed by atoms with Crippen molar-refractivity contribution in [2.75, 3.05) is 23.8 Å². The number of carbonyl (C=O) groups is 4. The Morgan fingerprint density at radius 2 is 1.06 bits per heavy atom. The summed E-state index contributed by atoms with van der Waals surface area (Å²) in [5, 5.41) is 30.1. The maximum Gasteiger partial charge on any atom is 0.329 e. The van der Waals surface area contributed by atoms with Gasteiger partial charge in [-0.3, -0.25) is 0 Å². The van der Waals surface area contributed by atoms with Crippen LogP contribution in [0.15, 0.2) is 91.0 Å². The van der Waals surface area contributed by atoms with Crippen LogP contribution in [-0.2, 0) is 31.9 Å². The molecule has 4 rings (SSSR count). The van der Waals surface area contributed by atoms with Gasteiger partial charge < -0.3 is 41.0 Å². The second kappa shape index (κ2) is 20.5. The number of benzene rings is 4. The van der Waals surface area contributed by atoms with E-state index in [4.69, 9.17) is 44.3 Å². The van der Waals surface area contributed by atoms with Gasteiger partial charge in [0.15, 0.2) is 11.5 Å². The summed E-state index contributed by atoms with van der Waals surface area (Å²) in [5.41, 5.74) is 1.92. The van der Waals surface area contributed by atoms with Crippen LogP contribution in [0.2, 0.25) is 15.1 Å². The molecule has 2 atom stereocenters. The zero-order valence-corrected chi connectivity index (χ0v) is 29.9. The van der Waals surface area contributed by atoms with Crippen LogP contribution in [0.4, 0.5) is 21.0 Å². The Hall–Kier alpha value is -5.17. The van der Waals surface area contributed by atoms with Gasteiger partial charge in [-0.25, -0.2) is 19.2 Å². The van der Waals surface area contributed by atoms with Gasteiger partial charge in [0.2, 0.25) is 0 Å². The van der Waals surface area contributed by atoms with E-state index in [0.29, 0.717) is 0 Å². The molecule has 2 unspecified atom stereocenters. The highest BCUT2D eigenvalue weighted by Crippen LogP contribution is 2.35. The van der Waals surface area contributed by atoms with Crippen molar-refractivity contribution >= 4 is 70.2 Å². The topological polar surface area (TPSA) is 175 Å². The average Bonchev–Trinajstić information content (AvgIpc) is 3.10. The summed E-state index contributed by atoms with van der Waals surface area (Å²) in [6.07, 6.45) is 0.546. The first-order valence-corrected chi connectivity index (χ1v) is 16.8. The van der Waals surface area contributed by atoms with Crippen molar-refractivity contribution in [3.05, 3.63) is 117 Å². The van der Waals surface area contributed by atoms with Gasteiger partial charge in [0.1, 0.15) is 12.1 Å². The molecule has 4 amide bonds. The zero-order chi connectivity index (χ0) is 37.3. The second-order valence-corrected chi connectivity index (χ2v) is 11.9. The molecule has 0 saturated carbocycles. The fourth-order valence-electron chi connectivity index (χ4n) is 4.48. The molecule has 0 fully saturated rings. The van der Waals surface area contributed by atoms with E-state index in [9.17, 15) is 29.4 Å². The standard InChI is InChI=1S/C18H18Cl2N2O4.C18H19ClN2O4/c1-2-26-17(24)15(8-11-6-4-3-5-7-11)22-18(25)21-14-10-12(19)9-13(20)16(14)23;1-2-25-17(23)15(11-12-7-4-3-5-8-12)21-18(24)20-14-10-6-9-13(19)16(14)22/h3-7,9-10,15,23H,2,8H2,1H3,(H2,21,22,25);3-10,15,22H,2,11H2,1H3,(H2,20,21,24). The number of para-hydroxylation sites is 1. The number of nitrogens with one attached hydrogen (secondary N) is 4. The molecule has 4 aromatic carbocycles. The van der Waals surface area contributed by atoms with Crippen LogP contribution in [0.5, 0.6) is 11.5 Å². The van der Waals surface area contributed by atoms with E-state index in [1.807, 2.05) is 60.7 Å². The zero-order valence-electron chi connectivity index (χ0n) is 27.6. The Morgan fingerprint density at radius 3 is 1.53 bits per heavy atom. The summed E-state index contributed by atoms with van der Waals surface area (Å²) in [5.74, 6) is -1.64. The minimum atomic E-state index is -0.894. The van der Waals surface area contributed by atoms with E-state index >= 15 is 0 Å². The number of ether oxygens (including phenoxy) is 2. The van der Waals surface area contributed by atoms with E-state index in [1.165, 1.54) is 24.3 Å². The minimum Gasteiger partial charge on any atom is -0.504 e. The highest BCUT2D eigenvalue weighted by atomic mass is 35.5. The summed E-state index contributed by atoms with van der Waals surface area (Å²) in [4.78, 5) is 48.7. The lowest BCUT2D eigenvalue weighted by molar-refractivity contribution is -0.146. The van der Waals surface area contributed by atoms with Crippen molar-refractivity contribution in [3.63, 3.8) is 0 Å². The molecule has 4 aromatic rings. The molecule has 0 heterocycles. The van der Waals surface area contributed by atoms with Crippen LogP contribution in [-0.4, -0.2) is 59.5 Å². The van der Waals surface area contributed by atoms with Crippen molar-refractivity contribution in [1.82, 2.24) is 10.6 Å². The predicted octanol–water partition coefficient (Wildman–Crippen LogP) is 7.34. The quantitative estimate of drug-likeness (QED) is 0.0643. The average molecular weight is 760 g/mol. The van der Waals surface area contributed by atoms with E-state index < -0.39 is 36.1 Å². The number of esters is 2. The Kier molecular flexibility index (Phi) is 16.2. The van der Waals surface area contributed by atoms with E-state index in [2.05, 4.69) is 21.3 Å². The molecule has 51 heavy (non-hydrogen) atoms. The summed E-state index contributed by atoms with van der Waals surface area (Å²) < 4.78 is 10.0. The number of carbonyl (C=O) groups excluding carboxylic acids is 4. The third-order valence-corrected chi connectivity index (χ3v) is 7.64. The van der Waals surface area contributed by atoms with Crippen LogP contribution < -0.4 is 21.3 Å². The first kappa shape index (κ1) is 40.3. The smallest absolute Gasteiger partial charge is 0.329 e. The molecule has 0 radical (unpaired) electrons. The number of amides is 4. The summed E-state index contributed by atoms with van der Waals surface area (Å²) >= 11 is 17.5. The van der Waals surface area contributed by atoms with Crippen LogP contribution in [0, 0.1) is 0 Å². The highest BCUT2D eigenvalue weighted by molar-refractivity contribution is 6.36. The van der Waals surface area contributed by atoms with Crippen molar-refractivity contribution < 1.29 is 38.9 Å². The summed E-state index contributed by atoms with van der Waals surface area (Å²) in [7, 11) is 0. The minimum absolute atomic E-state index is 0.000900. The number of aromatic hydroxyl groups is 2. The maximum absolute atomic E-state index is 12.3. The molecule has 0 aromatic heterocycles. The van der Waals surface area contributed by atoms with E-state index in [-0.39, 0.29) is 64.0 Å². The fourth-order valence-corrected chi connectivity index (χ4v) is 5.15. The molecule has 6 N–H and O–H groups in total. The molecule has 0 saturated heterocycles. The van der Waals surface area contributed by atoms with Gasteiger partial charge in [-0.05, 0) is 49.2 Å². The third kappa shape index (κ3) is 13.2. The summed E-state index contributed by atoms with van der Waals surface area (Å²) in [6, 6.07) is 22.7. The van der Waals surface area contributed by atoms with E-state index in [1.54, 1.807) is 19.9 Å². The molecule has 270 valence electrons. The van der Waals surface area contributed by atoms with Crippen LogP contribution in [0.1, 0.15) is 25.0 Å². The SMILES string of the molecule is CCOC(=O)C(Cc1ccccc1)NC(=O)Nc1cc(Cl)cc(Cl)c1O.CCOC(=O)C(Cc1ccccc1)NC(=O)Nc1cccc(Cl)c1O. The first-order valence-electron chi connectivity index (χ1n) is 15.6. The molecule has 0 spiro atoms. The normalized spacial score (nSPS) is 11.5. The Morgan fingerprint density at radius 1 is 0.608 bits per heavy atom. The predicted molar refractivity (Wildman–Crippen MR) is 197 cm³/mol. The van der Waals surface area contributed by atoms with Gasteiger partial charge >= 0.3 is 24.0 Å². The van der Waals surface area contributed by atoms with Gasteiger partial charge in [-0.1, -0.05) is 102 Å². The van der Waals surface area contributed by atoms with Crippen molar-refractivity contribution in [3.8, 4) is 11.5 Å². The lowest BCUT2D eigenvalue weighted by Gasteiger charge is -2.18. The van der Waals surface area contributed by atoms with Crippen molar-refractivity contribution in [1.29, 1.82) is 0 Å². The molecule has 0 bridgehead atoms. The number of hydrogen-bond donors (Lipinski definition) is 6. The van der Waals surface area contributed by atoms with Gasteiger partial charge in [-0.2, -0.15) is 0 Å². The molecule has 0 aliphatic rings. The van der Waals surface area contributed by atoms with E-state index in [0.717, 1.165) is 11.1 Å². The Balaban J connectivity index is 0.000000276. The Labute approximate surface area is 310 Å². The van der Waals surface area contributed by atoms with Gasteiger partial charge in [0.25, 0.3) is 0 Å². The number of rotatable bonds is 12. The molecular formula is C36H37Cl3N4O8. The number of urea groups is 2. The monoisotopic (exact) mass is 758 g/mol. The maximum atomic E-state index is 12.3. The molecule has 0 aliphatic heterocycles. The number of halogens is 3. The lowest BCUT2D eigenvalue weighted by atomic mass is 10.1. The third-order valence-electron chi connectivity index (χ3n) is 6.83. The second-order valence-electron chi connectivity index (χ2n) is 10.6. The van der Waals surface area contributed by atoms with Crippen molar-refractivity contribution in [2.24, 2.45) is 0 Å². The molecular weight excluding hydrogens is 723 g/mol. The molecule has 0 aliphatic carbocycles. The number of anilines is 2. The number of phenols is 2. The number of phenolic OH excluding ortho intramolecular Hbond substituents is 2. The first-order chi connectivity index (χ1) is 24.4. The van der Waals surface area contributed by atoms with Crippen molar-refractivity contribution in [2.45, 2.75) is 38.8 Å². The summed E-state index contributed by atoms with van der Waals surface area (Å²) in [6.45, 7) is 3.78. The molecule has 15 heteroatoms. The van der Waals surface area contributed by atoms with Crippen LogP contribution in [0.25, 0.3) is 0 Å². The Bertz CT molecular complexity index is 1780. The number of hydrogen-bond acceptors (Lipinski definition) is 8. The van der Waals surface area contributed by atoms with Gasteiger partial charge in [-0.15, -0.1) is 0 Å². The van der Waals surface area contributed by atoms with Crippen LogP contribution >= 0.6 is 34.8 Å². The van der Waals surface area contributed by atoms with Crippen LogP contribution in [0.3, 0.4) is 0 Å². The highest BCUT2D eigenvalue weighted by Gasteiger charge is 2.24.